The maximum atomic E-state index is 10.1. The molecule has 84 valence electrons. The van der Waals surface area contributed by atoms with Crippen molar-refractivity contribution in [2.45, 2.75) is 39.8 Å². The van der Waals surface area contributed by atoms with Gasteiger partial charge in [-0.1, -0.05) is 43.2 Å². The molecule has 1 aromatic carbocycles. The lowest BCUT2D eigenvalue weighted by Crippen LogP contribution is -2.33. The second-order valence-corrected chi connectivity index (χ2v) is 4.69. The Labute approximate surface area is 92.1 Å². The van der Waals surface area contributed by atoms with Crippen LogP contribution in [0.15, 0.2) is 18.2 Å². The SMILES string of the molecule is Cc1cc(C)cc(C(O)C(N)C(C)C)c1. The molecule has 0 fully saturated rings. The molecule has 1 aromatic rings. The summed E-state index contributed by atoms with van der Waals surface area (Å²) < 4.78 is 0. The van der Waals surface area contributed by atoms with Gasteiger partial charge < -0.3 is 10.8 Å². The van der Waals surface area contributed by atoms with E-state index < -0.39 is 6.10 Å². The van der Waals surface area contributed by atoms with Crippen molar-refractivity contribution in [3.8, 4) is 0 Å². The summed E-state index contributed by atoms with van der Waals surface area (Å²) in [6.07, 6.45) is -0.566. The minimum Gasteiger partial charge on any atom is -0.387 e. The molecule has 0 heterocycles. The van der Waals surface area contributed by atoms with Crippen LogP contribution >= 0.6 is 0 Å². The lowest BCUT2D eigenvalue weighted by molar-refractivity contribution is 0.125. The Kier molecular flexibility index (Phi) is 3.89. The van der Waals surface area contributed by atoms with E-state index in [1.54, 1.807) is 0 Å². The van der Waals surface area contributed by atoms with Crippen LogP contribution in [-0.2, 0) is 0 Å². The molecule has 1 rings (SSSR count). The molecule has 0 bridgehead atoms. The highest BCUT2D eigenvalue weighted by Gasteiger charge is 2.20. The van der Waals surface area contributed by atoms with Crippen molar-refractivity contribution in [1.82, 2.24) is 0 Å². The summed E-state index contributed by atoms with van der Waals surface area (Å²) in [5.41, 5.74) is 9.20. The van der Waals surface area contributed by atoms with Crippen LogP contribution in [0.25, 0.3) is 0 Å². The van der Waals surface area contributed by atoms with Crippen molar-refractivity contribution in [3.63, 3.8) is 0 Å². The Morgan fingerprint density at radius 1 is 1.07 bits per heavy atom. The van der Waals surface area contributed by atoms with Crippen LogP contribution in [0.3, 0.4) is 0 Å². The number of hydrogen-bond acceptors (Lipinski definition) is 2. The fraction of sp³-hybridized carbons (Fsp3) is 0.538. The first-order valence-electron chi connectivity index (χ1n) is 5.43. The van der Waals surface area contributed by atoms with E-state index >= 15 is 0 Å². The zero-order valence-electron chi connectivity index (χ0n) is 9.99. The average Bonchev–Trinajstić information content (AvgIpc) is 2.13. The van der Waals surface area contributed by atoms with Crippen LogP contribution in [0.4, 0.5) is 0 Å². The second kappa shape index (κ2) is 4.77. The molecule has 0 radical (unpaired) electrons. The van der Waals surface area contributed by atoms with E-state index in [0.717, 1.165) is 5.56 Å². The molecule has 0 aromatic heterocycles. The summed E-state index contributed by atoms with van der Waals surface area (Å²) in [6, 6.07) is 5.89. The van der Waals surface area contributed by atoms with Gasteiger partial charge in [0.25, 0.3) is 0 Å². The largest absolute Gasteiger partial charge is 0.387 e. The van der Waals surface area contributed by atoms with E-state index in [2.05, 4.69) is 6.07 Å². The molecule has 0 aliphatic heterocycles. The number of nitrogens with two attached hydrogens (primary N) is 1. The molecule has 0 aliphatic rings. The Balaban J connectivity index is 2.95. The quantitative estimate of drug-likeness (QED) is 0.799. The van der Waals surface area contributed by atoms with Crippen molar-refractivity contribution >= 4 is 0 Å². The van der Waals surface area contributed by atoms with Gasteiger partial charge in [0.2, 0.25) is 0 Å². The molecule has 0 saturated heterocycles. The molecule has 2 atom stereocenters. The second-order valence-electron chi connectivity index (χ2n) is 4.69. The first kappa shape index (κ1) is 12.2. The summed E-state index contributed by atoms with van der Waals surface area (Å²) in [5, 5.41) is 10.1. The van der Waals surface area contributed by atoms with Gasteiger partial charge in [-0.15, -0.1) is 0 Å². The molecule has 2 heteroatoms. The maximum Gasteiger partial charge on any atom is 0.0943 e. The zero-order chi connectivity index (χ0) is 11.6. The number of aliphatic hydroxyl groups is 1. The fourth-order valence-corrected chi connectivity index (χ4v) is 1.77. The van der Waals surface area contributed by atoms with Crippen molar-refractivity contribution in [2.75, 3.05) is 0 Å². The molecule has 2 nitrogen and oxygen atoms in total. The number of aryl methyl sites for hydroxylation is 2. The van der Waals surface area contributed by atoms with E-state index in [0.29, 0.717) is 0 Å². The number of aliphatic hydroxyl groups excluding tert-OH is 1. The van der Waals surface area contributed by atoms with E-state index in [1.165, 1.54) is 11.1 Å². The lowest BCUT2D eigenvalue weighted by atomic mass is 9.92. The highest BCUT2D eigenvalue weighted by atomic mass is 16.3. The van der Waals surface area contributed by atoms with Crippen molar-refractivity contribution in [1.29, 1.82) is 0 Å². The molecule has 0 aliphatic carbocycles. The highest BCUT2D eigenvalue weighted by molar-refractivity contribution is 5.30. The van der Waals surface area contributed by atoms with Crippen LogP contribution in [0.2, 0.25) is 0 Å². The van der Waals surface area contributed by atoms with Gasteiger partial charge in [0, 0.05) is 6.04 Å². The smallest absolute Gasteiger partial charge is 0.0943 e. The van der Waals surface area contributed by atoms with Crippen LogP contribution in [0.5, 0.6) is 0 Å². The van der Waals surface area contributed by atoms with Gasteiger partial charge in [-0.25, -0.2) is 0 Å². The van der Waals surface area contributed by atoms with E-state index in [4.69, 9.17) is 5.73 Å². The first-order chi connectivity index (χ1) is 6.91. The van der Waals surface area contributed by atoms with Gasteiger partial charge in [-0.2, -0.15) is 0 Å². The summed E-state index contributed by atoms with van der Waals surface area (Å²) in [7, 11) is 0. The summed E-state index contributed by atoms with van der Waals surface area (Å²) in [5.74, 6) is 0.279. The standard InChI is InChI=1S/C13H21NO/c1-8(2)12(14)13(15)11-6-9(3)5-10(4)7-11/h5-8,12-13,15H,14H2,1-4H3. The fourth-order valence-electron chi connectivity index (χ4n) is 1.77. The van der Waals surface area contributed by atoms with Gasteiger partial charge in [-0.3, -0.25) is 0 Å². The number of benzene rings is 1. The monoisotopic (exact) mass is 207 g/mol. The van der Waals surface area contributed by atoms with Crippen molar-refractivity contribution < 1.29 is 5.11 Å². The third-order valence-electron chi connectivity index (χ3n) is 2.72. The van der Waals surface area contributed by atoms with Crippen LogP contribution in [0.1, 0.15) is 36.6 Å². The van der Waals surface area contributed by atoms with E-state index in [1.807, 2.05) is 39.8 Å². The first-order valence-corrected chi connectivity index (χ1v) is 5.43. The Morgan fingerprint density at radius 2 is 1.53 bits per heavy atom. The van der Waals surface area contributed by atoms with Gasteiger partial charge in [0.1, 0.15) is 0 Å². The normalized spacial score (nSPS) is 15.4. The van der Waals surface area contributed by atoms with Crippen LogP contribution in [0, 0.1) is 19.8 Å². The number of rotatable bonds is 3. The molecular formula is C13H21NO. The van der Waals surface area contributed by atoms with Crippen LogP contribution in [-0.4, -0.2) is 11.1 Å². The van der Waals surface area contributed by atoms with Crippen molar-refractivity contribution in [3.05, 3.63) is 34.9 Å². The predicted octanol–water partition coefficient (Wildman–Crippen LogP) is 2.32. The summed E-state index contributed by atoms with van der Waals surface area (Å²) in [6.45, 7) is 8.11. The third kappa shape index (κ3) is 3.05. The molecule has 15 heavy (non-hydrogen) atoms. The topological polar surface area (TPSA) is 46.2 Å². The Bertz CT molecular complexity index is 313. The molecule has 3 N–H and O–H groups in total. The van der Waals surface area contributed by atoms with E-state index in [9.17, 15) is 5.11 Å². The molecule has 2 unspecified atom stereocenters. The van der Waals surface area contributed by atoms with Crippen LogP contribution < -0.4 is 5.73 Å². The van der Waals surface area contributed by atoms with Gasteiger partial charge in [-0.05, 0) is 25.3 Å². The van der Waals surface area contributed by atoms with Crippen molar-refractivity contribution in [2.24, 2.45) is 11.7 Å². The average molecular weight is 207 g/mol. The zero-order valence-corrected chi connectivity index (χ0v) is 9.99. The maximum absolute atomic E-state index is 10.1. The predicted molar refractivity (Wildman–Crippen MR) is 63.7 cm³/mol. The van der Waals surface area contributed by atoms with Gasteiger partial charge in [0.05, 0.1) is 6.10 Å². The molecule has 0 amide bonds. The minimum atomic E-state index is -0.566. The van der Waals surface area contributed by atoms with Gasteiger partial charge in [0.15, 0.2) is 0 Å². The summed E-state index contributed by atoms with van der Waals surface area (Å²) >= 11 is 0. The van der Waals surface area contributed by atoms with E-state index in [-0.39, 0.29) is 12.0 Å². The number of hydrogen-bond donors (Lipinski definition) is 2. The molecular weight excluding hydrogens is 186 g/mol. The minimum absolute atomic E-state index is 0.203. The highest BCUT2D eigenvalue weighted by Crippen LogP contribution is 2.22. The van der Waals surface area contributed by atoms with Gasteiger partial charge >= 0.3 is 0 Å². The molecule has 0 spiro atoms. The lowest BCUT2D eigenvalue weighted by Gasteiger charge is -2.23. The Hall–Kier alpha value is -0.860. The Morgan fingerprint density at radius 3 is 1.93 bits per heavy atom. The molecule has 0 saturated carbocycles. The summed E-state index contributed by atoms with van der Waals surface area (Å²) in [4.78, 5) is 0. The third-order valence-corrected chi connectivity index (χ3v) is 2.72.